The SMILES string of the molecule is CCOC(=O)c1oc(C2CC3CCC2C3)nc1CC(C)C. The maximum Gasteiger partial charge on any atom is 0.376 e. The molecule has 0 aromatic carbocycles. The maximum atomic E-state index is 12.1. The summed E-state index contributed by atoms with van der Waals surface area (Å²) in [5.74, 6) is 3.15. The van der Waals surface area contributed by atoms with Crippen LogP contribution in [-0.2, 0) is 11.2 Å². The number of fused-ring (bicyclic) bond motifs is 2. The number of hydrogen-bond acceptors (Lipinski definition) is 4. The summed E-state index contributed by atoms with van der Waals surface area (Å²) in [5.41, 5.74) is 0.779. The van der Waals surface area contributed by atoms with E-state index < -0.39 is 0 Å². The molecule has 1 aromatic rings. The summed E-state index contributed by atoms with van der Waals surface area (Å²) < 4.78 is 11.0. The number of ether oxygens (including phenoxy) is 1. The molecule has 0 radical (unpaired) electrons. The molecule has 3 rings (SSSR count). The lowest BCUT2D eigenvalue weighted by Crippen LogP contribution is -2.09. The highest BCUT2D eigenvalue weighted by Gasteiger charge is 2.43. The van der Waals surface area contributed by atoms with Gasteiger partial charge in [-0.1, -0.05) is 20.3 Å². The minimum absolute atomic E-state index is 0.336. The second-order valence-corrected chi connectivity index (χ2v) is 6.93. The van der Waals surface area contributed by atoms with Crippen molar-refractivity contribution in [2.75, 3.05) is 6.61 Å². The van der Waals surface area contributed by atoms with Crippen molar-refractivity contribution in [3.63, 3.8) is 0 Å². The van der Waals surface area contributed by atoms with Crippen molar-refractivity contribution in [1.82, 2.24) is 4.98 Å². The van der Waals surface area contributed by atoms with Gasteiger partial charge >= 0.3 is 5.97 Å². The summed E-state index contributed by atoms with van der Waals surface area (Å²) in [6.07, 6.45) is 5.88. The number of carbonyl (C=O) groups is 1. The van der Waals surface area contributed by atoms with Gasteiger partial charge in [-0.3, -0.25) is 0 Å². The fourth-order valence-corrected chi connectivity index (χ4v) is 3.96. The van der Waals surface area contributed by atoms with Crippen molar-refractivity contribution in [3.8, 4) is 0 Å². The number of carbonyl (C=O) groups excluding carboxylic acids is 1. The van der Waals surface area contributed by atoms with Gasteiger partial charge in [-0.2, -0.15) is 0 Å². The van der Waals surface area contributed by atoms with Crippen molar-refractivity contribution < 1.29 is 13.9 Å². The van der Waals surface area contributed by atoms with Crippen molar-refractivity contribution in [2.45, 2.75) is 58.8 Å². The minimum Gasteiger partial charge on any atom is -0.460 e. The number of esters is 1. The quantitative estimate of drug-likeness (QED) is 0.771. The zero-order chi connectivity index (χ0) is 15.0. The summed E-state index contributed by atoms with van der Waals surface area (Å²) >= 11 is 0. The Bertz CT molecular complexity index is 520. The lowest BCUT2D eigenvalue weighted by molar-refractivity contribution is 0.0484. The van der Waals surface area contributed by atoms with Crippen molar-refractivity contribution in [3.05, 3.63) is 17.3 Å². The standard InChI is InChI=1S/C17H25NO3/c1-4-20-17(19)15-14(7-10(2)3)18-16(21-15)13-9-11-5-6-12(13)8-11/h10-13H,4-9H2,1-3H3. The normalized spacial score (nSPS) is 27.5. The highest BCUT2D eigenvalue weighted by molar-refractivity contribution is 5.87. The molecule has 2 aliphatic rings. The Kier molecular flexibility index (Phi) is 4.05. The molecule has 0 aliphatic heterocycles. The Balaban J connectivity index is 1.86. The molecule has 2 saturated carbocycles. The van der Waals surface area contributed by atoms with E-state index in [9.17, 15) is 4.79 Å². The summed E-state index contributed by atoms with van der Waals surface area (Å²) in [5, 5.41) is 0. The molecule has 0 amide bonds. The second-order valence-electron chi connectivity index (χ2n) is 6.93. The third kappa shape index (κ3) is 2.85. The molecule has 3 atom stereocenters. The van der Waals surface area contributed by atoms with Gasteiger partial charge in [-0.05, 0) is 50.4 Å². The summed E-state index contributed by atoms with van der Waals surface area (Å²) in [6, 6.07) is 0. The number of aromatic nitrogens is 1. The van der Waals surface area contributed by atoms with Crippen LogP contribution in [-0.4, -0.2) is 17.6 Å². The van der Waals surface area contributed by atoms with Gasteiger partial charge in [-0.15, -0.1) is 0 Å². The molecule has 0 spiro atoms. The lowest BCUT2D eigenvalue weighted by atomic mass is 9.89. The van der Waals surface area contributed by atoms with E-state index in [0.717, 1.165) is 23.9 Å². The Morgan fingerprint density at radius 3 is 2.76 bits per heavy atom. The largest absolute Gasteiger partial charge is 0.460 e. The molecule has 2 fully saturated rings. The summed E-state index contributed by atoms with van der Waals surface area (Å²) in [7, 11) is 0. The van der Waals surface area contributed by atoms with E-state index >= 15 is 0 Å². The molecule has 3 unspecified atom stereocenters. The average Bonchev–Trinajstić information content (AvgIpc) is 3.11. The van der Waals surface area contributed by atoms with Gasteiger partial charge in [-0.25, -0.2) is 9.78 Å². The van der Waals surface area contributed by atoms with Crippen LogP contribution in [0.3, 0.4) is 0 Å². The van der Waals surface area contributed by atoms with E-state index in [0.29, 0.717) is 30.1 Å². The first-order valence-electron chi connectivity index (χ1n) is 8.25. The van der Waals surface area contributed by atoms with Crippen LogP contribution in [0.4, 0.5) is 0 Å². The molecular weight excluding hydrogens is 266 g/mol. The van der Waals surface area contributed by atoms with Crippen molar-refractivity contribution in [2.24, 2.45) is 17.8 Å². The van der Waals surface area contributed by atoms with Crippen LogP contribution in [0.2, 0.25) is 0 Å². The maximum absolute atomic E-state index is 12.1. The van der Waals surface area contributed by atoms with Crippen LogP contribution >= 0.6 is 0 Å². The molecule has 4 nitrogen and oxygen atoms in total. The van der Waals surface area contributed by atoms with Crippen LogP contribution in [0.1, 0.15) is 74.5 Å². The molecule has 2 aliphatic carbocycles. The molecule has 21 heavy (non-hydrogen) atoms. The first kappa shape index (κ1) is 14.6. The van der Waals surface area contributed by atoms with Crippen molar-refractivity contribution in [1.29, 1.82) is 0 Å². The monoisotopic (exact) mass is 291 g/mol. The van der Waals surface area contributed by atoms with Gasteiger partial charge in [0, 0.05) is 5.92 Å². The van der Waals surface area contributed by atoms with E-state index in [1.807, 2.05) is 6.92 Å². The van der Waals surface area contributed by atoms with Crippen LogP contribution in [0.5, 0.6) is 0 Å². The number of oxazole rings is 1. The fraction of sp³-hybridized carbons (Fsp3) is 0.765. The molecule has 0 N–H and O–H groups in total. The van der Waals surface area contributed by atoms with E-state index in [1.54, 1.807) is 0 Å². The van der Waals surface area contributed by atoms with Crippen LogP contribution in [0.25, 0.3) is 0 Å². The number of nitrogens with zero attached hydrogens (tertiary/aromatic N) is 1. The minimum atomic E-state index is -0.366. The summed E-state index contributed by atoms with van der Waals surface area (Å²) in [4.78, 5) is 16.8. The molecule has 1 heterocycles. The van der Waals surface area contributed by atoms with Gasteiger partial charge in [0.2, 0.25) is 5.76 Å². The number of hydrogen-bond donors (Lipinski definition) is 0. The van der Waals surface area contributed by atoms with E-state index in [4.69, 9.17) is 9.15 Å². The van der Waals surface area contributed by atoms with Gasteiger partial charge in [0.25, 0.3) is 0 Å². The predicted molar refractivity (Wildman–Crippen MR) is 79.2 cm³/mol. The molecule has 4 heteroatoms. The van der Waals surface area contributed by atoms with Crippen LogP contribution in [0.15, 0.2) is 4.42 Å². The van der Waals surface area contributed by atoms with E-state index in [1.165, 1.54) is 25.7 Å². The molecule has 1 aromatic heterocycles. The predicted octanol–water partition coefficient (Wildman–Crippen LogP) is 3.95. The van der Waals surface area contributed by atoms with Gasteiger partial charge in [0.15, 0.2) is 5.89 Å². The molecule has 2 bridgehead atoms. The zero-order valence-corrected chi connectivity index (χ0v) is 13.2. The molecule has 0 saturated heterocycles. The first-order valence-corrected chi connectivity index (χ1v) is 8.25. The second kappa shape index (κ2) is 5.82. The molecule has 116 valence electrons. The molecular formula is C17H25NO3. The third-order valence-corrected chi connectivity index (χ3v) is 4.83. The highest BCUT2D eigenvalue weighted by atomic mass is 16.5. The highest BCUT2D eigenvalue weighted by Crippen LogP contribution is 2.52. The first-order chi connectivity index (χ1) is 10.1. The van der Waals surface area contributed by atoms with Gasteiger partial charge in [0.1, 0.15) is 0 Å². The Labute approximate surface area is 126 Å². The number of rotatable bonds is 5. The smallest absolute Gasteiger partial charge is 0.376 e. The van der Waals surface area contributed by atoms with Gasteiger partial charge < -0.3 is 9.15 Å². The van der Waals surface area contributed by atoms with Crippen LogP contribution in [0, 0.1) is 17.8 Å². The Morgan fingerprint density at radius 1 is 1.38 bits per heavy atom. The lowest BCUT2D eigenvalue weighted by Gasteiger charge is -2.17. The van der Waals surface area contributed by atoms with E-state index in [-0.39, 0.29) is 5.97 Å². The summed E-state index contributed by atoms with van der Waals surface area (Å²) in [6.45, 7) is 6.43. The van der Waals surface area contributed by atoms with Gasteiger partial charge in [0.05, 0.1) is 12.3 Å². The zero-order valence-electron chi connectivity index (χ0n) is 13.2. The third-order valence-electron chi connectivity index (χ3n) is 4.83. The van der Waals surface area contributed by atoms with Crippen LogP contribution < -0.4 is 0 Å². The Hall–Kier alpha value is -1.32. The van der Waals surface area contributed by atoms with E-state index in [2.05, 4.69) is 18.8 Å². The topological polar surface area (TPSA) is 52.3 Å². The fourth-order valence-electron chi connectivity index (χ4n) is 3.96. The average molecular weight is 291 g/mol. The Morgan fingerprint density at radius 2 is 2.19 bits per heavy atom. The van der Waals surface area contributed by atoms with Crippen molar-refractivity contribution >= 4 is 5.97 Å².